The molecule has 396 valence electrons. The van der Waals surface area contributed by atoms with Gasteiger partial charge < -0.3 is 20.8 Å². The molecule has 1 unspecified atom stereocenters. The molecule has 2 aliphatic rings. The summed E-state index contributed by atoms with van der Waals surface area (Å²) in [6.45, 7) is -1.12. The van der Waals surface area contributed by atoms with Crippen LogP contribution in [-0.4, -0.2) is 105 Å². The number of rotatable bonds is 14. The third-order valence-electron chi connectivity index (χ3n) is 11.8. The Bertz CT molecular complexity index is 3470. The first-order valence-electron chi connectivity index (χ1n) is 21.0. The number of urea groups is 1. The highest BCUT2D eigenvalue weighted by atomic mass is 35.5. The van der Waals surface area contributed by atoms with Crippen molar-refractivity contribution in [1.82, 2.24) is 35.2 Å². The normalized spacial score (nSPS) is 16.8. The molecule has 7 rings (SSSR count). The van der Waals surface area contributed by atoms with E-state index in [9.17, 15) is 81.4 Å². The van der Waals surface area contributed by atoms with Gasteiger partial charge in [0.05, 0.1) is 33.9 Å². The van der Waals surface area contributed by atoms with E-state index in [1.54, 1.807) is 0 Å². The van der Waals surface area contributed by atoms with Crippen LogP contribution < -0.4 is 14.9 Å². The first-order chi connectivity index (χ1) is 33.9. The zero-order chi connectivity index (χ0) is 55.2. The summed E-state index contributed by atoms with van der Waals surface area (Å²) in [5.41, 5.74) is -6.76. The molecule has 3 heterocycles. The standard InChI is InChI=1S/C43H35ClF10N8O10S2/c1-40(2,73(3,69)70)10-9-21-5-6-22(23-7-8-26(44)30-33(23)61(17-41(47,48)49)59-36(30)62(74(4,71)72)39(68)57-32(37(64)65)38(66)67)31(55-21)27(13-18-11-19(45)14-20(46)12-18)56-28(63)16-60-35-29(34(58-60)43(52,53)54)24-15-25(24)42(35,50)51/h5-8,11-12,14,24-25,27,32H,13,15-17H2,1-4H3,(H,56,63)(H,57,68)(H,64,65)(H,66,67)/t24-,25+,27?/m0/s1. The zero-order valence-electron chi connectivity index (χ0n) is 38.0. The molecular formula is C43H35ClF10N8O10S2. The molecule has 1 fully saturated rings. The van der Waals surface area contributed by atoms with Crippen molar-refractivity contribution < 1.29 is 90.1 Å². The van der Waals surface area contributed by atoms with E-state index in [2.05, 4.69) is 32.3 Å². The number of hydrogen-bond donors (Lipinski definition) is 4. The summed E-state index contributed by atoms with van der Waals surface area (Å²) in [7, 11) is -9.12. The second-order valence-corrected chi connectivity index (χ2v) is 22.4. The lowest BCUT2D eigenvalue weighted by atomic mass is 9.93. The number of carboxylic acid groups (broad SMARTS) is 2. The number of fused-ring (bicyclic) bond motifs is 4. The van der Waals surface area contributed by atoms with E-state index in [0.717, 1.165) is 42.7 Å². The van der Waals surface area contributed by atoms with Gasteiger partial charge in [0.25, 0.3) is 5.92 Å². The first kappa shape index (κ1) is 54.8. The van der Waals surface area contributed by atoms with Crippen molar-refractivity contribution >= 4 is 72.1 Å². The largest absolute Gasteiger partial charge is 0.479 e. The summed E-state index contributed by atoms with van der Waals surface area (Å²) in [5, 5.41) is 28.1. The molecule has 0 bridgehead atoms. The number of benzene rings is 2. The van der Waals surface area contributed by atoms with Crippen LogP contribution in [0.3, 0.4) is 0 Å². The SMILES string of the molecule is CC(C)(C#Cc1ccc(-c2ccc(Cl)c3c(N(C(=O)NC(C(=O)O)C(=O)O)S(C)(=O)=O)nn(CC(F)(F)F)c23)c(C(Cc2cc(F)cc(F)c2)NC(=O)Cn2nc(C(F)(F)F)c3c2C(F)(F)[C@@H]2C[C@H]32)n1)S(C)(=O)=O. The number of nitrogens with one attached hydrogen (secondary N) is 2. The lowest BCUT2D eigenvalue weighted by Gasteiger charge is -2.23. The second kappa shape index (κ2) is 18.7. The lowest BCUT2D eigenvalue weighted by Crippen LogP contribution is -2.53. The van der Waals surface area contributed by atoms with E-state index in [0.29, 0.717) is 12.3 Å². The number of hydrogen-bond acceptors (Lipinski definition) is 11. The van der Waals surface area contributed by atoms with Gasteiger partial charge >= 0.3 is 30.3 Å². The van der Waals surface area contributed by atoms with Gasteiger partial charge in [0, 0.05) is 34.9 Å². The van der Waals surface area contributed by atoms with E-state index in [1.165, 1.54) is 19.2 Å². The topological polar surface area (TPSA) is 253 Å². The quantitative estimate of drug-likeness (QED) is 0.0542. The Labute approximate surface area is 415 Å². The minimum atomic E-state index is -5.27. The summed E-state index contributed by atoms with van der Waals surface area (Å²) in [5.74, 6) is -11.2. The van der Waals surface area contributed by atoms with Crippen LogP contribution in [0.2, 0.25) is 5.02 Å². The number of carboxylic acids is 2. The Morgan fingerprint density at radius 2 is 1.51 bits per heavy atom. The van der Waals surface area contributed by atoms with Gasteiger partial charge in [0.1, 0.15) is 40.9 Å². The van der Waals surface area contributed by atoms with Crippen molar-refractivity contribution in [2.75, 3.05) is 16.8 Å². The van der Waals surface area contributed by atoms with Gasteiger partial charge in [-0.25, -0.2) is 45.0 Å². The predicted molar refractivity (Wildman–Crippen MR) is 238 cm³/mol. The number of halogens is 11. The van der Waals surface area contributed by atoms with Crippen LogP contribution in [0.5, 0.6) is 0 Å². The number of carbonyl (C=O) groups is 4. The summed E-state index contributed by atoms with van der Waals surface area (Å²) >= 11 is 6.53. The van der Waals surface area contributed by atoms with Crippen LogP contribution in [0, 0.1) is 29.4 Å². The molecule has 74 heavy (non-hydrogen) atoms. The van der Waals surface area contributed by atoms with Crippen molar-refractivity contribution in [3.05, 3.63) is 93.0 Å². The summed E-state index contributed by atoms with van der Waals surface area (Å²) < 4.78 is 197. The zero-order valence-corrected chi connectivity index (χ0v) is 40.4. The number of pyridine rings is 1. The molecule has 18 nitrogen and oxygen atoms in total. The molecule has 5 aromatic rings. The van der Waals surface area contributed by atoms with Crippen LogP contribution >= 0.6 is 11.6 Å². The van der Waals surface area contributed by atoms with Crippen molar-refractivity contribution in [3.63, 3.8) is 0 Å². The molecule has 2 aromatic carbocycles. The maximum atomic E-state index is 15.6. The van der Waals surface area contributed by atoms with E-state index < -0.39 is 177 Å². The van der Waals surface area contributed by atoms with Crippen LogP contribution in [0.4, 0.5) is 54.5 Å². The molecule has 4 N–H and O–H groups in total. The molecule has 0 spiro atoms. The molecule has 3 aromatic heterocycles. The van der Waals surface area contributed by atoms with E-state index in [-0.39, 0.29) is 31.3 Å². The van der Waals surface area contributed by atoms with Gasteiger partial charge in [-0.1, -0.05) is 23.6 Å². The highest BCUT2D eigenvalue weighted by Crippen LogP contribution is 2.68. The third kappa shape index (κ3) is 10.8. The highest BCUT2D eigenvalue weighted by Gasteiger charge is 2.68. The molecule has 31 heteroatoms. The molecule has 3 amide bonds. The number of nitrogens with zero attached hydrogens (tertiary/aromatic N) is 6. The Kier molecular flexibility index (Phi) is 13.9. The van der Waals surface area contributed by atoms with Crippen LogP contribution in [0.15, 0.2) is 42.5 Å². The van der Waals surface area contributed by atoms with Crippen LogP contribution in [-0.2, 0) is 65.9 Å². The van der Waals surface area contributed by atoms with Crippen molar-refractivity contribution in [2.24, 2.45) is 5.92 Å². The van der Waals surface area contributed by atoms with E-state index in [1.807, 2.05) is 0 Å². The summed E-state index contributed by atoms with van der Waals surface area (Å²) in [4.78, 5) is 55.5. The smallest absolute Gasteiger partial charge is 0.435 e. The average molecular weight is 1110 g/mol. The maximum Gasteiger partial charge on any atom is 0.435 e. The fraction of sp³-hybridized carbons (Fsp3) is 0.372. The summed E-state index contributed by atoms with van der Waals surface area (Å²) in [6.07, 6.45) is -10.5. The van der Waals surface area contributed by atoms with E-state index >= 15 is 8.78 Å². The van der Waals surface area contributed by atoms with Crippen molar-refractivity contribution in [1.29, 1.82) is 0 Å². The molecule has 3 atom stereocenters. The number of alkyl halides is 8. The van der Waals surface area contributed by atoms with Crippen molar-refractivity contribution in [2.45, 2.75) is 80.8 Å². The fourth-order valence-corrected chi connectivity index (χ4v) is 9.48. The number of aliphatic carboxylic acids is 2. The predicted octanol–water partition coefficient (Wildman–Crippen LogP) is 6.30. The van der Waals surface area contributed by atoms with Gasteiger partial charge in [-0.05, 0) is 74.4 Å². The minimum absolute atomic E-state index is 0.0755. The molecule has 2 aliphatic carbocycles. The molecule has 0 radical (unpaired) electrons. The van der Waals surface area contributed by atoms with Gasteiger partial charge in [-0.15, -0.1) is 0 Å². The third-order valence-corrected chi connectivity index (χ3v) is 15.1. The van der Waals surface area contributed by atoms with Gasteiger partial charge in [0.15, 0.2) is 21.3 Å². The molecule has 0 saturated heterocycles. The average Bonchev–Trinajstić information content (AvgIpc) is 3.76. The van der Waals surface area contributed by atoms with Gasteiger partial charge in [-0.3, -0.25) is 14.2 Å². The monoisotopic (exact) mass is 1110 g/mol. The minimum Gasteiger partial charge on any atom is -0.479 e. The Morgan fingerprint density at radius 3 is 2.07 bits per heavy atom. The lowest BCUT2D eigenvalue weighted by molar-refractivity contribution is -0.150. The number of sulfone groups is 1. The number of amides is 3. The number of anilines is 1. The van der Waals surface area contributed by atoms with Crippen molar-refractivity contribution in [3.8, 4) is 23.0 Å². The highest BCUT2D eigenvalue weighted by molar-refractivity contribution is 7.93. The Hall–Kier alpha value is -7.00. The maximum absolute atomic E-state index is 15.6. The first-order valence-corrected chi connectivity index (χ1v) is 25.1. The number of carbonyl (C=O) groups excluding carboxylic acids is 2. The Balaban J connectivity index is 1.49. The van der Waals surface area contributed by atoms with Crippen LogP contribution in [0.1, 0.15) is 66.1 Å². The van der Waals surface area contributed by atoms with Gasteiger partial charge in [0.2, 0.25) is 22.0 Å². The molecular weight excluding hydrogens is 1080 g/mol. The van der Waals surface area contributed by atoms with Crippen LogP contribution in [0.25, 0.3) is 22.0 Å². The second-order valence-electron chi connectivity index (χ2n) is 17.6. The number of aromatic nitrogens is 5. The van der Waals surface area contributed by atoms with Gasteiger partial charge in [-0.2, -0.15) is 49.6 Å². The molecule has 1 saturated carbocycles. The number of sulfonamides is 1. The fourth-order valence-electron chi connectivity index (χ4n) is 8.21. The molecule has 0 aliphatic heterocycles. The van der Waals surface area contributed by atoms with E-state index in [4.69, 9.17) is 11.6 Å². The Morgan fingerprint density at radius 1 is 0.905 bits per heavy atom. The summed E-state index contributed by atoms with van der Waals surface area (Å²) in [6, 6.07) is -0.870.